The van der Waals surface area contributed by atoms with Gasteiger partial charge in [0, 0.05) is 17.8 Å². The molecule has 0 aromatic carbocycles. The lowest BCUT2D eigenvalue weighted by Gasteiger charge is -2.13. The number of carbonyl (C=O) groups excluding carboxylic acids is 2. The van der Waals surface area contributed by atoms with Gasteiger partial charge in [0.05, 0.1) is 4.88 Å². The Labute approximate surface area is 160 Å². The van der Waals surface area contributed by atoms with Crippen LogP contribution in [0, 0.1) is 13.8 Å². The molecule has 0 saturated carbocycles. The first-order chi connectivity index (χ1) is 12.7. The maximum Gasteiger partial charge on any atom is 0.335 e. The Hall–Kier alpha value is -2.59. The lowest BCUT2D eigenvalue weighted by molar-refractivity contribution is -0.114. The van der Waals surface area contributed by atoms with Crippen LogP contribution in [0.1, 0.15) is 35.5 Å². The summed E-state index contributed by atoms with van der Waals surface area (Å²) in [5.41, 5.74) is 1.98. The van der Waals surface area contributed by atoms with E-state index in [0.29, 0.717) is 41.1 Å². The minimum absolute atomic E-state index is 0.0197. The number of urea groups is 1. The fourth-order valence-electron chi connectivity index (χ4n) is 2.80. The fraction of sp³-hybridized carbons (Fsp3) is 0.294. The first kappa shape index (κ1) is 19.2. The molecule has 0 radical (unpaired) electrons. The molecule has 2 amide bonds. The smallest absolute Gasteiger partial charge is 0.295 e. The monoisotopic (exact) mass is 406 g/mol. The number of nitrogens with one attached hydrogen (secondary N) is 2. The summed E-state index contributed by atoms with van der Waals surface area (Å²) in [5.74, 6) is -0.00278. The van der Waals surface area contributed by atoms with Crippen LogP contribution in [0.2, 0.25) is 0 Å². The van der Waals surface area contributed by atoms with Crippen LogP contribution < -0.4 is 10.0 Å². The number of hydrogen-bond acceptors (Lipinski definition) is 7. The maximum absolute atomic E-state index is 12.7. The standard InChI is InChI=1S/C17H18N4O4S2/c1-10-8-11(2)19-16(18-10)20-17(23)21-27(24,25)14-6-7-26-15(14)12-4-3-5-13(22)9-12/h6-9H,3-5H2,1-2H3,(H2,18,19,20,21,23). The molecule has 0 atom stereocenters. The molecule has 8 nitrogen and oxygen atoms in total. The normalized spacial score (nSPS) is 14.6. The van der Waals surface area contributed by atoms with Gasteiger partial charge in [0.25, 0.3) is 10.0 Å². The van der Waals surface area contributed by atoms with E-state index in [1.807, 2.05) is 4.72 Å². The zero-order valence-electron chi connectivity index (χ0n) is 14.8. The minimum atomic E-state index is -4.11. The van der Waals surface area contributed by atoms with Crippen LogP contribution in [-0.4, -0.2) is 30.2 Å². The van der Waals surface area contributed by atoms with Gasteiger partial charge < -0.3 is 0 Å². The van der Waals surface area contributed by atoms with Crippen molar-refractivity contribution in [3.63, 3.8) is 0 Å². The number of sulfonamides is 1. The van der Waals surface area contributed by atoms with Gasteiger partial charge in [-0.2, -0.15) is 0 Å². The van der Waals surface area contributed by atoms with Crippen LogP contribution in [0.4, 0.5) is 10.7 Å². The summed E-state index contributed by atoms with van der Waals surface area (Å²) in [6.07, 6.45) is 3.25. The Morgan fingerprint density at radius 3 is 2.56 bits per heavy atom. The molecule has 10 heteroatoms. The number of thiophene rings is 1. The van der Waals surface area contributed by atoms with E-state index in [-0.39, 0.29) is 16.6 Å². The number of anilines is 1. The second-order valence-corrected chi connectivity index (χ2v) is 8.70. The summed E-state index contributed by atoms with van der Waals surface area (Å²) in [5, 5.41) is 3.95. The van der Waals surface area contributed by atoms with Crippen molar-refractivity contribution in [2.24, 2.45) is 0 Å². The molecule has 27 heavy (non-hydrogen) atoms. The molecular weight excluding hydrogens is 388 g/mol. The number of nitrogens with zero attached hydrogens (tertiary/aromatic N) is 2. The van der Waals surface area contributed by atoms with Crippen molar-refractivity contribution < 1.29 is 18.0 Å². The molecular formula is C17H18N4O4S2. The number of allylic oxidation sites excluding steroid dienone is 2. The molecule has 0 fully saturated rings. The summed E-state index contributed by atoms with van der Waals surface area (Å²) < 4.78 is 27.3. The van der Waals surface area contributed by atoms with Crippen molar-refractivity contribution in [2.75, 3.05) is 5.32 Å². The average molecular weight is 406 g/mol. The molecule has 142 valence electrons. The fourth-order valence-corrected chi connectivity index (χ4v) is 5.22. The van der Waals surface area contributed by atoms with E-state index in [4.69, 9.17) is 0 Å². The lowest BCUT2D eigenvalue weighted by atomic mass is 9.98. The van der Waals surface area contributed by atoms with Crippen molar-refractivity contribution in [1.82, 2.24) is 14.7 Å². The Kier molecular flexibility index (Phi) is 5.38. The van der Waals surface area contributed by atoms with Gasteiger partial charge in [-0.1, -0.05) is 0 Å². The van der Waals surface area contributed by atoms with Crippen LogP contribution in [0.3, 0.4) is 0 Å². The molecule has 2 aromatic rings. The Balaban J connectivity index is 1.80. The first-order valence-electron chi connectivity index (χ1n) is 8.22. The third-order valence-corrected chi connectivity index (χ3v) is 6.34. The van der Waals surface area contributed by atoms with E-state index in [1.54, 1.807) is 25.3 Å². The van der Waals surface area contributed by atoms with Crippen LogP contribution in [-0.2, 0) is 14.8 Å². The number of hydrogen-bond donors (Lipinski definition) is 2. The van der Waals surface area contributed by atoms with E-state index in [1.165, 1.54) is 23.5 Å². The zero-order valence-corrected chi connectivity index (χ0v) is 16.4. The van der Waals surface area contributed by atoms with Crippen LogP contribution in [0.15, 0.2) is 28.5 Å². The number of carbonyl (C=O) groups is 2. The van der Waals surface area contributed by atoms with E-state index >= 15 is 0 Å². The van der Waals surface area contributed by atoms with Gasteiger partial charge in [-0.15, -0.1) is 11.3 Å². The van der Waals surface area contributed by atoms with Gasteiger partial charge in [-0.25, -0.2) is 27.9 Å². The molecule has 2 heterocycles. The number of aryl methyl sites for hydroxylation is 2. The third kappa shape index (κ3) is 4.58. The number of rotatable bonds is 4. The molecule has 0 unspecified atom stereocenters. The minimum Gasteiger partial charge on any atom is -0.295 e. The predicted octanol–water partition coefficient (Wildman–Crippen LogP) is 2.80. The van der Waals surface area contributed by atoms with Crippen LogP contribution in [0.5, 0.6) is 0 Å². The Morgan fingerprint density at radius 1 is 1.19 bits per heavy atom. The summed E-state index contributed by atoms with van der Waals surface area (Å²) in [6, 6.07) is 2.20. The van der Waals surface area contributed by atoms with Crippen molar-refractivity contribution >= 4 is 44.7 Å². The largest absolute Gasteiger partial charge is 0.335 e. The zero-order chi connectivity index (χ0) is 19.6. The molecule has 0 aliphatic heterocycles. The Morgan fingerprint density at radius 2 is 1.89 bits per heavy atom. The summed E-state index contributed by atoms with van der Waals surface area (Å²) in [4.78, 5) is 32.3. The van der Waals surface area contributed by atoms with Gasteiger partial charge in [0.1, 0.15) is 4.90 Å². The van der Waals surface area contributed by atoms with Gasteiger partial charge in [-0.3, -0.25) is 10.1 Å². The molecule has 1 aliphatic carbocycles. The Bertz CT molecular complexity index is 1020. The van der Waals surface area contributed by atoms with Crippen molar-refractivity contribution in [3.8, 4) is 0 Å². The summed E-state index contributed by atoms with van der Waals surface area (Å²) in [7, 11) is -4.11. The van der Waals surface area contributed by atoms with Gasteiger partial charge in [0.15, 0.2) is 5.78 Å². The van der Waals surface area contributed by atoms with E-state index in [9.17, 15) is 18.0 Å². The molecule has 2 aromatic heterocycles. The first-order valence-corrected chi connectivity index (χ1v) is 10.6. The van der Waals surface area contributed by atoms with Crippen molar-refractivity contribution in [2.45, 2.75) is 38.0 Å². The molecule has 0 saturated heterocycles. The second kappa shape index (κ2) is 7.57. The number of amides is 2. The van der Waals surface area contributed by atoms with Crippen molar-refractivity contribution in [3.05, 3.63) is 39.9 Å². The lowest BCUT2D eigenvalue weighted by Crippen LogP contribution is -2.35. The maximum atomic E-state index is 12.7. The van der Waals surface area contributed by atoms with E-state index in [2.05, 4.69) is 15.3 Å². The third-order valence-electron chi connectivity index (χ3n) is 3.85. The molecule has 1 aliphatic rings. The van der Waals surface area contributed by atoms with Crippen molar-refractivity contribution in [1.29, 1.82) is 0 Å². The molecule has 0 spiro atoms. The van der Waals surface area contributed by atoms with Gasteiger partial charge in [0.2, 0.25) is 5.95 Å². The highest BCUT2D eigenvalue weighted by Crippen LogP contribution is 2.34. The summed E-state index contributed by atoms with van der Waals surface area (Å²) >= 11 is 1.22. The average Bonchev–Trinajstić information content (AvgIpc) is 3.03. The van der Waals surface area contributed by atoms with Gasteiger partial charge >= 0.3 is 6.03 Å². The second-order valence-electron chi connectivity index (χ2n) is 6.14. The number of ketones is 1. The topological polar surface area (TPSA) is 118 Å². The van der Waals surface area contributed by atoms with Gasteiger partial charge in [-0.05, 0) is 55.9 Å². The highest BCUT2D eigenvalue weighted by Gasteiger charge is 2.25. The molecule has 0 bridgehead atoms. The number of aromatic nitrogens is 2. The van der Waals surface area contributed by atoms with E-state index < -0.39 is 16.1 Å². The highest BCUT2D eigenvalue weighted by molar-refractivity contribution is 7.90. The quantitative estimate of drug-likeness (QED) is 0.806. The highest BCUT2D eigenvalue weighted by atomic mass is 32.2. The predicted molar refractivity (Wildman–Crippen MR) is 102 cm³/mol. The SMILES string of the molecule is Cc1cc(C)nc(NC(=O)NS(=O)(=O)c2ccsc2C2=CC(=O)CCC2)n1. The van der Waals surface area contributed by atoms with E-state index in [0.717, 1.165) is 0 Å². The molecule has 3 rings (SSSR count). The van der Waals surface area contributed by atoms with Crippen LogP contribution >= 0.6 is 11.3 Å². The summed E-state index contributed by atoms with van der Waals surface area (Å²) in [6.45, 7) is 3.48. The van der Waals surface area contributed by atoms with Crippen LogP contribution in [0.25, 0.3) is 5.57 Å². The molecule has 2 N–H and O–H groups in total.